The first-order valence-electron chi connectivity index (χ1n) is 10.7. The van der Waals surface area contributed by atoms with Crippen LogP contribution in [0.1, 0.15) is 46.5 Å². The fourth-order valence-corrected chi connectivity index (χ4v) is 8.79. The second-order valence-electron chi connectivity index (χ2n) is 10.8. The maximum absolute atomic E-state index is 13.7. The number of ether oxygens (including phenoxy) is 3. The van der Waals surface area contributed by atoms with E-state index >= 15 is 0 Å². The van der Waals surface area contributed by atoms with Crippen molar-refractivity contribution in [2.24, 2.45) is 34.0 Å². The van der Waals surface area contributed by atoms with Gasteiger partial charge in [-0.1, -0.05) is 26.8 Å². The van der Waals surface area contributed by atoms with Gasteiger partial charge in [-0.3, -0.25) is 9.59 Å². The van der Waals surface area contributed by atoms with Crippen LogP contribution in [0.15, 0.2) is 12.2 Å². The van der Waals surface area contributed by atoms with Crippen LogP contribution in [0, 0.1) is 34.0 Å². The lowest BCUT2D eigenvalue weighted by molar-refractivity contribution is -0.554. The van der Waals surface area contributed by atoms with Crippen LogP contribution < -0.4 is 0 Å². The molecule has 4 heterocycles. The van der Waals surface area contributed by atoms with Crippen molar-refractivity contribution in [3.8, 4) is 0 Å². The number of rotatable bonds is 1. The molecule has 4 aliphatic carbocycles. The molecule has 0 aromatic rings. The van der Waals surface area contributed by atoms with Crippen molar-refractivity contribution in [3.05, 3.63) is 12.2 Å². The first-order chi connectivity index (χ1) is 13.5. The number of aliphatic hydroxyl groups excluding tert-OH is 1. The molecule has 8 aliphatic rings. The third-order valence-electron chi connectivity index (χ3n) is 9.33. The topological polar surface area (TPSA) is 102 Å². The van der Waals surface area contributed by atoms with Gasteiger partial charge in [-0.25, -0.2) is 0 Å². The van der Waals surface area contributed by atoms with E-state index in [4.69, 9.17) is 14.2 Å². The zero-order valence-corrected chi connectivity index (χ0v) is 17.0. The molecule has 158 valence electrons. The van der Waals surface area contributed by atoms with Crippen LogP contribution in [-0.2, 0) is 23.8 Å². The molecule has 7 bridgehead atoms. The molecule has 2 unspecified atom stereocenters. The maximum atomic E-state index is 13.7. The van der Waals surface area contributed by atoms with Gasteiger partial charge in [-0.05, 0) is 30.3 Å². The van der Waals surface area contributed by atoms with Gasteiger partial charge < -0.3 is 24.4 Å². The Morgan fingerprint density at radius 3 is 2.69 bits per heavy atom. The van der Waals surface area contributed by atoms with Gasteiger partial charge >= 0.3 is 5.97 Å². The van der Waals surface area contributed by atoms with Crippen LogP contribution in [0.4, 0.5) is 0 Å². The third-order valence-corrected chi connectivity index (χ3v) is 9.33. The highest BCUT2D eigenvalue weighted by Crippen LogP contribution is 2.81. The fraction of sp³-hybridized carbons (Fsp3) is 0.818. The Balaban J connectivity index is 1.67. The number of carbonyl (C=O) groups is 2. The summed E-state index contributed by atoms with van der Waals surface area (Å²) in [6.07, 6.45) is -0.170. The fourth-order valence-electron chi connectivity index (χ4n) is 8.79. The normalized spacial score (nSPS) is 58.3. The average Bonchev–Trinajstić information content (AvgIpc) is 2.76. The average molecular weight is 404 g/mol. The third kappa shape index (κ3) is 1.61. The van der Waals surface area contributed by atoms with Gasteiger partial charge in [0.15, 0.2) is 12.1 Å². The van der Waals surface area contributed by atoms with E-state index in [-0.39, 0.29) is 23.0 Å². The van der Waals surface area contributed by atoms with E-state index in [0.29, 0.717) is 18.4 Å². The van der Waals surface area contributed by atoms with Gasteiger partial charge in [0.2, 0.25) is 5.79 Å². The number of hydrogen-bond acceptors (Lipinski definition) is 7. The Kier molecular flexibility index (Phi) is 3.16. The molecule has 4 aliphatic heterocycles. The molecule has 2 N–H and O–H groups in total. The van der Waals surface area contributed by atoms with Crippen LogP contribution in [0.5, 0.6) is 0 Å². The van der Waals surface area contributed by atoms with Crippen LogP contribution in [-0.4, -0.2) is 52.4 Å². The van der Waals surface area contributed by atoms with Crippen LogP contribution in [0.25, 0.3) is 0 Å². The molecular weight excluding hydrogens is 376 g/mol. The van der Waals surface area contributed by atoms with Crippen LogP contribution >= 0.6 is 0 Å². The van der Waals surface area contributed by atoms with E-state index in [1.165, 1.54) is 6.92 Å². The van der Waals surface area contributed by atoms with Gasteiger partial charge in [-0.15, -0.1) is 0 Å². The van der Waals surface area contributed by atoms with Crippen LogP contribution in [0.3, 0.4) is 0 Å². The van der Waals surface area contributed by atoms with E-state index in [0.717, 1.165) is 12.8 Å². The summed E-state index contributed by atoms with van der Waals surface area (Å²) in [5.74, 6) is -3.92. The molecule has 7 heteroatoms. The van der Waals surface area contributed by atoms with Crippen molar-refractivity contribution in [1.82, 2.24) is 0 Å². The predicted molar refractivity (Wildman–Crippen MR) is 98.0 cm³/mol. The van der Waals surface area contributed by atoms with Crippen molar-refractivity contribution < 1.29 is 34.0 Å². The number of hydrogen-bond donors (Lipinski definition) is 2. The first-order valence-corrected chi connectivity index (χ1v) is 10.7. The van der Waals surface area contributed by atoms with Gasteiger partial charge in [0.25, 0.3) is 0 Å². The Morgan fingerprint density at radius 1 is 1.28 bits per heavy atom. The number of esters is 1. The van der Waals surface area contributed by atoms with E-state index in [9.17, 15) is 19.8 Å². The molecule has 10 atom stereocenters. The number of ketones is 1. The van der Waals surface area contributed by atoms with Gasteiger partial charge in [0, 0.05) is 30.1 Å². The number of aliphatic hydroxyl groups is 2. The van der Waals surface area contributed by atoms with Crippen molar-refractivity contribution in [1.29, 1.82) is 0 Å². The second-order valence-corrected chi connectivity index (χ2v) is 10.8. The molecule has 0 amide bonds. The lowest BCUT2D eigenvalue weighted by Crippen LogP contribution is -2.91. The Bertz CT molecular complexity index is 865. The lowest BCUT2D eigenvalue weighted by atomic mass is 9.34. The summed E-state index contributed by atoms with van der Waals surface area (Å²) in [4.78, 5) is 25.7. The summed E-state index contributed by atoms with van der Waals surface area (Å²) >= 11 is 0. The van der Waals surface area contributed by atoms with Gasteiger partial charge in [0.05, 0.1) is 6.10 Å². The highest BCUT2D eigenvalue weighted by Gasteiger charge is 2.93. The maximum Gasteiger partial charge on any atom is 0.302 e. The largest absolute Gasteiger partial charge is 0.462 e. The molecule has 2 spiro atoms. The Morgan fingerprint density at radius 2 is 2.00 bits per heavy atom. The highest BCUT2D eigenvalue weighted by atomic mass is 16.8. The number of Topliss-reactive ketones (excluding diaryl/α,β-unsaturated/α-hetero) is 1. The molecule has 4 saturated heterocycles. The standard InChI is InChI=1S/C22H28O7/c1-9-11-8-12(27-10(2)23)13-20-7-5-6-19(3,4)14(20)16(25)22(26)21(13,15(9)24)17(11)28-18(20)29-22/h11-14,16-18,25-26H,1,5-8H2,2-4H3/t11-,12-,13?,14+,16-,17-,18?,20+,21-,22-/m0/s1. The van der Waals surface area contributed by atoms with Crippen molar-refractivity contribution in [2.45, 2.75) is 76.8 Å². The van der Waals surface area contributed by atoms with E-state index in [1.807, 2.05) is 0 Å². The Hall–Kier alpha value is -1.28. The Labute approximate surface area is 169 Å². The van der Waals surface area contributed by atoms with E-state index in [1.54, 1.807) is 0 Å². The highest BCUT2D eigenvalue weighted by molar-refractivity contribution is 6.05. The molecule has 29 heavy (non-hydrogen) atoms. The summed E-state index contributed by atoms with van der Waals surface area (Å²) in [5, 5.41) is 23.4. The minimum absolute atomic E-state index is 0.290. The van der Waals surface area contributed by atoms with Crippen molar-refractivity contribution in [3.63, 3.8) is 0 Å². The van der Waals surface area contributed by atoms with Gasteiger partial charge in [-0.2, -0.15) is 0 Å². The molecule has 7 nitrogen and oxygen atoms in total. The van der Waals surface area contributed by atoms with Gasteiger partial charge in [0.1, 0.15) is 17.6 Å². The first kappa shape index (κ1) is 18.5. The molecule has 0 radical (unpaired) electrons. The second kappa shape index (κ2) is 4.96. The van der Waals surface area contributed by atoms with E-state index in [2.05, 4.69) is 20.4 Å². The SMILES string of the molecule is C=C1C(=O)[C@@]23C4[C@@H](OC(C)=O)C[C@@H]1[C@@H]2OC1O[C@@]3(O)[C@@H](O)[C@@H]2C(C)(C)CCC[C@@]142. The summed E-state index contributed by atoms with van der Waals surface area (Å²) in [6.45, 7) is 9.58. The zero-order chi connectivity index (χ0) is 20.7. The van der Waals surface area contributed by atoms with Crippen LogP contribution in [0.2, 0.25) is 0 Å². The quantitative estimate of drug-likeness (QED) is 0.502. The predicted octanol–water partition coefficient (Wildman–Crippen LogP) is 1.31. The molecule has 4 saturated carbocycles. The van der Waals surface area contributed by atoms with E-state index < -0.39 is 53.1 Å². The summed E-state index contributed by atoms with van der Waals surface area (Å²) in [5.41, 5.74) is -2.09. The summed E-state index contributed by atoms with van der Waals surface area (Å²) in [6, 6.07) is 0. The number of carbonyl (C=O) groups excluding carboxylic acids is 2. The molecular formula is C22H28O7. The minimum Gasteiger partial charge on any atom is -0.462 e. The molecule has 8 rings (SSSR count). The van der Waals surface area contributed by atoms with Crippen molar-refractivity contribution >= 4 is 11.8 Å². The lowest BCUT2D eigenvalue weighted by Gasteiger charge is -2.79. The zero-order valence-electron chi connectivity index (χ0n) is 17.0. The molecule has 0 aromatic heterocycles. The monoisotopic (exact) mass is 404 g/mol. The minimum atomic E-state index is -2.07. The summed E-state index contributed by atoms with van der Waals surface area (Å²) in [7, 11) is 0. The molecule has 0 aromatic carbocycles. The summed E-state index contributed by atoms with van der Waals surface area (Å²) < 4.78 is 18.3. The molecule has 8 fully saturated rings. The smallest absolute Gasteiger partial charge is 0.302 e. The van der Waals surface area contributed by atoms with Crippen molar-refractivity contribution in [2.75, 3.05) is 0 Å².